The maximum absolute atomic E-state index is 11.8. The van der Waals surface area contributed by atoms with Crippen LogP contribution in [0.5, 0.6) is 0 Å². The van der Waals surface area contributed by atoms with Crippen molar-refractivity contribution in [2.75, 3.05) is 30.4 Å². The average Bonchev–Trinajstić information content (AvgIpc) is 2.37. The first kappa shape index (κ1) is 14.4. The SMILES string of the molecule is CCC1C(=O)NC(=O)CN1c1nc(Cl)nc(N(C)C)n1. The lowest BCUT2D eigenvalue weighted by Gasteiger charge is -2.33. The Kier molecular flexibility index (Phi) is 4.03. The normalized spacial score (nSPS) is 19.0. The molecule has 0 aromatic carbocycles. The van der Waals surface area contributed by atoms with Crippen molar-refractivity contribution in [3.63, 3.8) is 0 Å². The molecule has 20 heavy (non-hydrogen) atoms. The lowest BCUT2D eigenvalue weighted by Crippen LogP contribution is -2.58. The number of amides is 2. The van der Waals surface area contributed by atoms with Gasteiger partial charge in [-0.15, -0.1) is 0 Å². The fourth-order valence-corrected chi connectivity index (χ4v) is 2.09. The molecule has 108 valence electrons. The second-order valence-corrected chi connectivity index (χ2v) is 4.90. The van der Waals surface area contributed by atoms with Gasteiger partial charge in [-0.1, -0.05) is 6.92 Å². The lowest BCUT2D eigenvalue weighted by atomic mass is 10.1. The zero-order valence-electron chi connectivity index (χ0n) is 11.4. The number of aromatic nitrogens is 3. The summed E-state index contributed by atoms with van der Waals surface area (Å²) in [4.78, 5) is 38.8. The fraction of sp³-hybridized carbons (Fsp3) is 0.545. The molecule has 1 aliphatic rings. The second-order valence-electron chi connectivity index (χ2n) is 4.56. The lowest BCUT2D eigenvalue weighted by molar-refractivity contribution is -0.133. The van der Waals surface area contributed by atoms with Crippen LogP contribution in [-0.4, -0.2) is 53.4 Å². The molecule has 1 atom stereocenters. The molecule has 1 saturated heterocycles. The zero-order chi connectivity index (χ0) is 14.9. The van der Waals surface area contributed by atoms with Crippen molar-refractivity contribution < 1.29 is 9.59 Å². The van der Waals surface area contributed by atoms with E-state index in [0.29, 0.717) is 12.4 Å². The molecule has 1 aromatic rings. The molecule has 0 bridgehead atoms. The number of halogens is 1. The number of nitrogens with zero attached hydrogens (tertiary/aromatic N) is 5. The first-order valence-electron chi connectivity index (χ1n) is 6.11. The minimum absolute atomic E-state index is 0.0114. The van der Waals surface area contributed by atoms with Gasteiger partial charge in [-0.3, -0.25) is 14.9 Å². The van der Waals surface area contributed by atoms with E-state index in [-0.39, 0.29) is 29.6 Å². The van der Waals surface area contributed by atoms with Gasteiger partial charge in [-0.05, 0) is 18.0 Å². The molecule has 1 unspecified atom stereocenters. The number of hydrogen-bond acceptors (Lipinski definition) is 7. The van der Waals surface area contributed by atoms with E-state index in [9.17, 15) is 9.59 Å². The summed E-state index contributed by atoms with van der Waals surface area (Å²) in [7, 11) is 3.53. The van der Waals surface area contributed by atoms with Crippen LogP contribution in [0.1, 0.15) is 13.3 Å². The second kappa shape index (κ2) is 5.58. The summed E-state index contributed by atoms with van der Waals surface area (Å²) in [6, 6.07) is -0.499. The smallest absolute Gasteiger partial charge is 0.249 e. The molecule has 1 aliphatic heterocycles. The Bertz CT molecular complexity index is 550. The van der Waals surface area contributed by atoms with Crippen LogP contribution in [0.25, 0.3) is 0 Å². The van der Waals surface area contributed by atoms with Gasteiger partial charge in [0.25, 0.3) is 0 Å². The Morgan fingerprint density at radius 2 is 2.05 bits per heavy atom. The van der Waals surface area contributed by atoms with Crippen molar-refractivity contribution in [2.45, 2.75) is 19.4 Å². The Labute approximate surface area is 121 Å². The van der Waals surface area contributed by atoms with Crippen molar-refractivity contribution >= 4 is 35.3 Å². The molecular formula is C11H15ClN6O2. The van der Waals surface area contributed by atoms with Crippen LogP contribution in [0.15, 0.2) is 0 Å². The van der Waals surface area contributed by atoms with Gasteiger partial charge in [0, 0.05) is 14.1 Å². The molecule has 1 aromatic heterocycles. The Hall–Kier alpha value is -1.96. The predicted molar refractivity (Wildman–Crippen MR) is 73.7 cm³/mol. The average molecular weight is 299 g/mol. The van der Waals surface area contributed by atoms with Gasteiger partial charge >= 0.3 is 0 Å². The molecule has 0 aliphatic carbocycles. The summed E-state index contributed by atoms with van der Waals surface area (Å²) < 4.78 is 0. The first-order chi connectivity index (χ1) is 9.42. The van der Waals surface area contributed by atoms with Gasteiger partial charge in [0.2, 0.25) is 29.0 Å². The first-order valence-corrected chi connectivity index (χ1v) is 6.49. The number of carbonyl (C=O) groups excluding carboxylic acids is 2. The van der Waals surface area contributed by atoms with Crippen molar-refractivity contribution in [1.82, 2.24) is 20.3 Å². The van der Waals surface area contributed by atoms with Crippen molar-refractivity contribution in [3.8, 4) is 0 Å². The highest BCUT2D eigenvalue weighted by atomic mass is 35.5. The number of anilines is 2. The molecule has 0 spiro atoms. The predicted octanol–water partition coefficient (Wildman–Crippen LogP) is -0.168. The minimum atomic E-state index is -0.499. The molecule has 1 fully saturated rings. The number of piperazine rings is 1. The van der Waals surface area contributed by atoms with Crippen LogP contribution < -0.4 is 15.1 Å². The van der Waals surface area contributed by atoms with Crippen molar-refractivity contribution in [3.05, 3.63) is 5.28 Å². The number of hydrogen-bond donors (Lipinski definition) is 1. The number of carbonyl (C=O) groups is 2. The molecule has 2 heterocycles. The topological polar surface area (TPSA) is 91.3 Å². The number of rotatable bonds is 3. The summed E-state index contributed by atoms with van der Waals surface area (Å²) in [5, 5.41) is 2.32. The van der Waals surface area contributed by atoms with E-state index in [1.807, 2.05) is 6.92 Å². The van der Waals surface area contributed by atoms with Gasteiger partial charge in [-0.2, -0.15) is 15.0 Å². The molecule has 0 radical (unpaired) electrons. The highest BCUT2D eigenvalue weighted by molar-refractivity contribution is 6.28. The summed E-state index contributed by atoms with van der Waals surface area (Å²) in [6.07, 6.45) is 0.527. The Balaban J connectivity index is 2.42. The van der Waals surface area contributed by atoms with Crippen LogP contribution in [-0.2, 0) is 9.59 Å². The quantitative estimate of drug-likeness (QED) is 0.775. The van der Waals surface area contributed by atoms with Gasteiger partial charge in [0.15, 0.2) is 0 Å². The monoisotopic (exact) mass is 298 g/mol. The van der Waals surface area contributed by atoms with E-state index in [0.717, 1.165) is 0 Å². The van der Waals surface area contributed by atoms with Crippen LogP contribution in [0.3, 0.4) is 0 Å². The van der Waals surface area contributed by atoms with Gasteiger partial charge in [0.1, 0.15) is 12.6 Å². The Morgan fingerprint density at radius 3 is 2.65 bits per heavy atom. The zero-order valence-corrected chi connectivity index (χ0v) is 12.2. The Morgan fingerprint density at radius 1 is 1.35 bits per heavy atom. The van der Waals surface area contributed by atoms with E-state index in [4.69, 9.17) is 11.6 Å². The van der Waals surface area contributed by atoms with Crippen molar-refractivity contribution in [1.29, 1.82) is 0 Å². The summed E-state index contributed by atoms with van der Waals surface area (Å²) in [6.45, 7) is 1.86. The van der Waals surface area contributed by atoms with E-state index < -0.39 is 6.04 Å². The molecular weight excluding hydrogens is 284 g/mol. The van der Waals surface area contributed by atoms with E-state index >= 15 is 0 Å². The maximum atomic E-state index is 11.8. The number of imide groups is 1. The van der Waals surface area contributed by atoms with Crippen LogP contribution in [0.4, 0.5) is 11.9 Å². The molecule has 2 amide bonds. The van der Waals surface area contributed by atoms with Crippen LogP contribution in [0.2, 0.25) is 5.28 Å². The maximum Gasteiger partial charge on any atom is 0.249 e. The fourth-order valence-electron chi connectivity index (χ4n) is 1.94. The molecule has 0 saturated carbocycles. The number of nitrogens with one attached hydrogen (secondary N) is 1. The third-order valence-electron chi connectivity index (χ3n) is 2.88. The largest absolute Gasteiger partial charge is 0.347 e. The molecule has 9 heteroatoms. The van der Waals surface area contributed by atoms with E-state index in [1.165, 1.54) is 0 Å². The highest BCUT2D eigenvalue weighted by Gasteiger charge is 2.34. The molecule has 2 rings (SSSR count). The summed E-state index contributed by atoms with van der Waals surface area (Å²) in [5.41, 5.74) is 0. The van der Waals surface area contributed by atoms with Gasteiger partial charge in [-0.25, -0.2) is 0 Å². The highest BCUT2D eigenvalue weighted by Crippen LogP contribution is 2.20. The summed E-state index contributed by atoms with van der Waals surface area (Å²) >= 11 is 5.88. The molecule has 8 nitrogen and oxygen atoms in total. The van der Waals surface area contributed by atoms with Crippen LogP contribution in [0, 0.1) is 0 Å². The minimum Gasteiger partial charge on any atom is -0.347 e. The molecule has 1 N–H and O–H groups in total. The van der Waals surface area contributed by atoms with Gasteiger partial charge < -0.3 is 9.80 Å². The third-order valence-corrected chi connectivity index (χ3v) is 3.05. The van der Waals surface area contributed by atoms with Crippen molar-refractivity contribution in [2.24, 2.45) is 0 Å². The van der Waals surface area contributed by atoms with E-state index in [2.05, 4.69) is 20.3 Å². The summed E-state index contributed by atoms with van der Waals surface area (Å²) in [5.74, 6) is -0.147. The standard InChI is InChI=1S/C11H15ClN6O2/c1-4-6-8(20)13-7(19)5-18(6)11-15-9(12)14-10(16-11)17(2)3/h6H,4-5H2,1-3H3,(H,13,19,20). The third kappa shape index (κ3) is 2.79. The van der Waals surface area contributed by atoms with Crippen LogP contribution >= 0.6 is 11.6 Å². The van der Waals surface area contributed by atoms with Gasteiger partial charge in [0.05, 0.1) is 0 Å². The van der Waals surface area contributed by atoms with E-state index in [1.54, 1.807) is 23.9 Å².